The lowest BCUT2D eigenvalue weighted by molar-refractivity contribution is -0.137. The Balaban J connectivity index is 2.21. The van der Waals surface area contributed by atoms with Gasteiger partial charge in [-0.15, -0.1) is 0 Å². The molecule has 0 aromatic heterocycles. The molecular formula is C12H22N2O3S. The van der Waals surface area contributed by atoms with Crippen LogP contribution in [0.15, 0.2) is 0 Å². The molecule has 0 aliphatic carbocycles. The lowest BCUT2D eigenvalue weighted by Crippen LogP contribution is -2.52. The Kier molecular flexibility index (Phi) is 6.32. The molecule has 2 atom stereocenters. The summed E-state index contributed by atoms with van der Waals surface area (Å²) in [5.74, 6) is 0.203. The number of aliphatic carboxylic acids is 1. The summed E-state index contributed by atoms with van der Waals surface area (Å²) >= 11 is 1.90. The van der Waals surface area contributed by atoms with Crippen molar-refractivity contribution < 1.29 is 14.7 Å². The second-order valence-electron chi connectivity index (χ2n) is 4.59. The van der Waals surface area contributed by atoms with E-state index in [1.165, 1.54) is 0 Å². The predicted octanol–water partition coefficient (Wildman–Crippen LogP) is 1.78. The Morgan fingerprint density at radius 3 is 2.78 bits per heavy atom. The van der Waals surface area contributed by atoms with E-state index in [0.717, 1.165) is 12.3 Å². The molecule has 0 aromatic carbocycles. The van der Waals surface area contributed by atoms with Crippen LogP contribution in [0.25, 0.3) is 0 Å². The van der Waals surface area contributed by atoms with Gasteiger partial charge in [-0.05, 0) is 19.8 Å². The van der Waals surface area contributed by atoms with Gasteiger partial charge in [0.15, 0.2) is 0 Å². The number of unbranched alkanes of at least 4 members (excludes halogenated alkanes) is 1. The first kappa shape index (κ1) is 15.1. The number of nitrogens with zero attached hydrogens (tertiary/aromatic N) is 1. The maximum atomic E-state index is 11.9. The highest BCUT2D eigenvalue weighted by atomic mass is 32.2. The Hall–Kier alpha value is -0.910. The zero-order valence-corrected chi connectivity index (χ0v) is 11.8. The molecule has 104 valence electrons. The fourth-order valence-corrected chi connectivity index (χ4v) is 3.02. The Bertz CT molecular complexity index is 299. The van der Waals surface area contributed by atoms with E-state index in [1.807, 2.05) is 16.7 Å². The molecule has 2 amide bonds. The van der Waals surface area contributed by atoms with E-state index in [1.54, 1.807) is 0 Å². The van der Waals surface area contributed by atoms with Gasteiger partial charge >= 0.3 is 12.0 Å². The van der Waals surface area contributed by atoms with Gasteiger partial charge in [0.2, 0.25) is 0 Å². The van der Waals surface area contributed by atoms with Gasteiger partial charge in [-0.25, -0.2) is 4.79 Å². The summed E-state index contributed by atoms with van der Waals surface area (Å²) in [6, 6.07) is 0.229. The third kappa shape index (κ3) is 4.76. The molecule has 0 radical (unpaired) electrons. The van der Waals surface area contributed by atoms with E-state index in [9.17, 15) is 9.59 Å². The van der Waals surface area contributed by atoms with Crippen molar-refractivity contribution >= 4 is 23.8 Å². The van der Waals surface area contributed by atoms with Crippen LogP contribution in [0.3, 0.4) is 0 Å². The molecular weight excluding hydrogens is 252 g/mol. The van der Waals surface area contributed by atoms with Crippen LogP contribution >= 0.6 is 11.8 Å². The van der Waals surface area contributed by atoms with Gasteiger partial charge in [0.05, 0.1) is 0 Å². The summed E-state index contributed by atoms with van der Waals surface area (Å²) in [6.45, 7) is 5.55. The minimum absolute atomic E-state index is 0.0232. The molecule has 0 aromatic rings. The Morgan fingerprint density at radius 2 is 2.11 bits per heavy atom. The maximum absolute atomic E-state index is 11.9. The normalized spacial score (nSPS) is 23.8. The van der Waals surface area contributed by atoms with Crippen molar-refractivity contribution in [3.05, 3.63) is 0 Å². The molecule has 1 heterocycles. The zero-order valence-electron chi connectivity index (χ0n) is 11.0. The van der Waals surface area contributed by atoms with Crippen molar-refractivity contribution in [2.45, 2.75) is 44.4 Å². The van der Waals surface area contributed by atoms with Crippen LogP contribution in [0.5, 0.6) is 0 Å². The van der Waals surface area contributed by atoms with Crippen molar-refractivity contribution in [2.24, 2.45) is 0 Å². The number of carboxylic acids is 1. The average Bonchev–Trinajstić information content (AvgIpc) is 2.31. The quantitative estimate of drug-likeness (QED) is 0.750. The first-order chi connectivity index (χ1) is 8.52. The highest BCUT2D eigenvalue weighted by Gasteiger charge is 2.28. The molecule has 2 unspecified atom stereocenters. The number of carboxylic acid groups (broad SMARTS) is 1. The van der Waals surface area contributed by atoms with Crippen LogP contribution in [0.2, 0.25) is 0 Å². The Labute approximate surface area is 112 Å². The van der Waals surface area contributed by atoms with Crippen LogP contribution in [0, 0.1) is 0 Å². The molecule has 1 aliphatic heterocycles. The minimum Gasteiger partial charge on any atom is -0.481 e. The molecule has 1 rings (SSSR count). The second kappa shape index (κ2) is 7.51. The number of rotatable bonds is 5. The number of hydrogen-bond acceptors (Lipinski definition) is 3. The summed E-state index contributed by atoms with van der Waals surface area (Å²) in [7, 11) is 0. The van der Waals surface area contributed by atoms with Crippen molar-refractivity contribution in [2.75, 3.05) is 18.8 Å². The molecule has 1 aliphatic rings. The average molecular weight is 274 g/mol. The zero-order chi connectivity index (χ0) is 13.5. The van der Waals surface area contributed by atoms with Crippen LogP contribution in [-0.4, -0.2) is 52.1 Å². The highest BCUT2D eigenvalue weighted by molar-refractivity contribution is 8.00. The number of carbonyl (C=O) groups excluding carboxylic acids is 1. The largest absolute Gasteiger partial charge is 0.481 e. The first-order valence-corrected chi connectivity index (χ1v) is 7.45. The monoisotopic (exact) mass is 274 g/mol. The van der Waals surface area contributed by atoms with Crippen molar-refractivity contribution in [3.63, 3.8) is 0 Å². The third-order valence-corrected chi connectivity index (χ3v) is 4.58. The number of carbonyl (C=O) groups is 2. The summed E-state index contributed by atoms with van der Waals surface area (Å²) in [6.07, 6.45) is 1.49. The standard InChI is InChI=1S/C12H22N2O3S/c1-9-10(2)18-8-7-14(9)12(17)13-6-4-3-5-11(15)16/h9-10H,3-8H2,1-2H3,(H,13,17)(H,15,16). The predicted molar refractivity (Wildman–Crippen MR) is 73.0 cm³/mol. The number of hydrogen-bond donors (Lipinski definition) is 2. The lowest BCUT2D eigenvalue weighted by atomic mass is 10.2. The molecule has 1 fully saturated rings. The van der Waals surface area contributed by atoms with Crippen LogP contribution in [0.4, 0.5) is 4.79 Å². The maximum Gasteiger partial charge on any atom is 0.317 e. The SMILES string of the molecule is CC1SCCN(C(=O)NCCCCC(=O)O)C1C. The van der Waals surface area contributed by atoms with E-state index in [-0.39, 0.29) is 18.5 Å². The molecule has 2 N–H and O–H groups in total. The van der Waals surface area contributed by atoms with Gasteiger partial charge in [0, 0.05) is 36.6 Å². The molecule has 1 saturated heterocycles. The minimum atomic E-state index is -0.781. The first-order valence-electron chi connectivity index (χ1n) is 6.40. The topological polar surface area (TPSA) is 69.6 Å². The van der Waals surface area contributed by atoms with Gasteiger partial charge in [0.25, 0.3) is 0 Å². The van der Waals surface area contributed by atoms with Gasteiger partial charge in [-0.3, -0.25) is 4.79 Å². The lowest BCUT2D eigenvalue weighted by Gasteiger charge is -2.37. The van der Waals surface area contributed by atoms with Crippen molar-refractivity contribution in [1.82, 2.24) is 10.2 Å². The van der Waals surface area contributed by atoms with E-state index in [2.05, 4.69) is 19.2 Å². The second-order valence-corrected chi connectivity index (χ2v) is 6.08. The van der Waals surface area contributed by atoms with Crippen molar-refractivity contribution in [1.29, 1.82) is 0 Å². The number of amides is 2. The highest BCUT2D eigenvalue weighted by Crippen LogP contribution is 2.23. The van der Waals surface area contributed by atoms with Crippen LogP contribution < -0.4 is 5.32 Å². The summed E-state index contributed by atoms with van der Waals surface area (Å²) < 4.78 is 0. The smallest absolute Gasteiger partial charge is 0.317 e. The van der Waals surface area contributed by atoms with Gasteiger partial charge in [-0.1, -0.05) is 6.92 Å². The summed E-state index contributed by atoms with van der Waals surface area (Å²) in [4.78, 5) is 24.1. The third-order valence-electron chi connectivity index (χ3n) is 3.24. The number of thioether (sulfide) groups is 1. The van der Waals surface area contributed by atoms with Crippen LogP contribution in [0.1, 0.15) is 33.1 Å². The van der Waals surface area contributed by atoms with Crippen molar-refractivity contribution in [3.8, 4) is 0 Å². The van der Waals surface area contributed by atoms with Gasteiger partial charge < -0.3 is 15.3 Å². The molecule has 5 nitrogen and oxygen atoms in total. The summed E-state index contributed by atoms with van der Waals surface area (Å²) in [5.41, 5.74) is 0. The van der Waals surface area contributed by atoms with E-state index < -0.39 is 5.97 Å². The Morgan fingerprint density at radius 1 is 1.39 bits per heavy atom. The fraction of sp³-hybridized carbons (Fsp3) is 0.833. The molecule has 18 heavy (non-hydrogen) atoms. The summed E-state index contributed by atoms with van der Waals surface area (Å²) in [5, 5.41) is 11.8. The van der Waals surface area contributed by atoms with Gasteiger partial charge in [0.1, 0.15) is 0 Å². The van der Waals surface area contributed by atoms with E-state index >= 15 is 0 Å². The van der Waals surface area contributed by atoms with Crippen LogP contribution in [-0.2, 0) is 4.79 Å². The van der Waals surface area contributed by atoms with E-state index in [0.29, 0.717) is 24.6 Å². The number of nitrogens with one attached hydrogen (secondary N) is 1. The fourth-order valence-electron chi connectivity index (χ4n) is 1.92. The van der Waals surface area contributed by atoms with Gasteiger partial charge in [-0.2, -0.15) is 11.8 Å². The molecule has 0 spiro atoms. The van der Waals surface area contributed by atoms with E-state index in [4.69, 9.17) is 5.11 Å². The molecule has 6 heteroatoms. The molecule has 0 bridgehead atoms. The number of urea groups is 1. The molecule has 0 saturated carbocycles.